The van der Waals surface area contributed by atoms with Gasteiger partial charge in [0.15, 0.2) is 0 Å². The van der Waals surface area contributed by atoms with E-state index in [0.717, 1.165) is 23.8 Å². The summed E-state index contributed by atoms with van der Waals surface area (Å²) in [5.74, 6) is 0. The molecule has 1 atom stereocenters. The molecule has 16 heavy (non-hydrogen) atoms. The molecule has 0 fully saturated rings. The summed E-state index contributed by atoms with van der Waals surface area (Å²) in [6.45, 7) is 0. The van der Waals surface area contributed by atoms with Crippen molar-refractivity contribution in [2.75, 3.05) is 7.11 Å². The number of aromatic amines is 1. The third-order valence-corrected chi connectivity index (χ3v) is 2.78. The Balaban J connectivity index is 2.25. The maximum Gasteiger partial charge on any atom is 0.120 e. The van der Waals surface area contributed by atoms with Crippen LogP contribution in [0.3, 0.4) is 0 Å². The van der Waals surface area contributed by atoms with E-state index < -0.39 is 0 Å². The van der Waals surface area contributed by atoms with Crippen molar-refractivity contribution in [2.24, 2.45) is 0 Å². The van der Waals surface area contributed by atoms with Crippen LogP contribution in [0.1, 0.15) is 24.5 Å². The van der Waals surface area contributed by atoms with E-state index in [1.165, 1.54) is 5.39 Å². The molecule has 0 aliphatic rings. The van der Waals surface area contributed by atoms with Crippen LogP contribution in [0.5, 0.6) is 0 Å². The Morgan fingerprint density at radius 1 is 1.44 bits per heavy atom. The minimum Gasteiger partial charge on any atom is -0.377 e. The predicted molar refractivity (Wildman–Crippen MR) is 63.3 cm³/mol. The standard InChI is InChI=1S/C13H15NO2/c1-16-13(3-2-8-15)11-4-5-12-10(9-11)6-7-14-12/h4-9,13-14H,2-3H2,1H3. The molecule has 2 aromatic rings. The average molecular weight is 217 g/mol. The van der Waals surface area contributed by atoms with Crippen LogP contribution in [0.15, 0.2) is 30.5 Å². The zero-order valence-electron chi connectivity index (χ0n) is 9.27. The van der Waals surface area contributed by atoms with E-state index in [-0.39, 0.29) is 6.10 Å². The van der Waals surface area contributed by atoms with Gasteiger partial charge in [0.1, 0.15) is 6.29 Å². The van der Waals surface area contributed by atoms with Crippen molar-refractivity contribution in [3.8, 4) is 0 Å². The topological polar surface area (TPSA) is 42.1 Å². The number of nitrogens with one attached hydrogen (secondary N) is 1. The van der Waals surface area contributed by atoms with Gasteiger partial charge in [-0.25, -0.2) is 0 Å². The van der Waals surface area contributed by atoms with Crippen LogP contribution in [0.25, 0.3) is 10.9 Å². The molecule has 0 bridgehead atoms. The fraction of sp³-hybridized carbons (Fsp3) is 0.308. The predicted octanol–water partition coefficient (Wildman–Crippen LogP) is 2.83. The Bertz CT molecular complexity index is 475. The van der Waals surface area contributed by atoms with E-state index in [1.54, 1.807) is 7.11 Å². The van der Waals surface area contributed by atoms with Gasteiger partial charge in [0.05, 0.1) is 6.10 Å². The highest BCUT2D eigenvalue weighted by atomic mass is 16.5. The monoisotopic (exact) mass is 217 g/mol. The summed E-state index contributed by atoms with van der Waals surface area (Å²) >= 11 is 0. The highest BCUT2D eigenvalue weighted by Gasteiger charge is 2.10. The van der Waals surface area contributed by atoms with E-state index in [1.807, 2.05) is 24.4 Å². The fourth-order valence-corrected chi connectivity index (χ4v) is 1.91. The van der Waals surface area contributed by atoms with Crippen molar-refractivity contribution in [2.45, 2.75) is 18.9 Å². The molecule has 0 spiro atoms. The summed E-state index contributed by atoms with van der Waals surface area (Å²) in [5, 5.41) is 1.17. The van der Waals surface area contributed by atoms with Crippen molar-refractivity contribution in [1.82, 2.24) is 4.98 Å². The number of aldehydes is 1. The second kappa shape index (κ2) is 4.94. The van der Waals surface area contributed by atoms with E-state index >= 15 is 0 Å². The maximum absolute atomic E-state index is 10.4. The van der Waals surface area contributed by atoms with Gasteiger partial charge in [0.2, 0.25) is 0 Å². The fourth-order valence-electron chi connectivity index (χ4n) is 1.91. The van der Waals surface area contributed by atoms with Gasteiger partial charge in [-0.15, -0.1) is 0 Å². The number of hydrogen-bond donors (Lipinski definition) is 1. The maximum atomic E-state index is 10.4. The molecule has 0 saturated carbocycles. The van der Waals surface area contributed by atoms with Crippen LogP contribution in [-0.2, 0) is 9.53 Å². The summed E-state index contributed by atoms with van der Waals surface area (Å²) in [7, 11) is 1.68. The second-order valence-electron chi connectivity index (χ2n) is 3.79. The first kappa shape index (κ1) is 10.9. The van der Waals surface area contributed by atoms with E-state index in [9.17, 15) is 4.79 Å². The lowest BCUT2D eigenvalue weighted by atomic mass is 10.0. The van der Waals surface area contributed by atoms with Gasteiger partial charge in [-0.05, 0) is 35.6 Å². The second-order valence-corrected chi connectivity index (χ2v) is 3.79. The largest absolute Gasteiger partial charge is 0.377 e. The molecule has 84 valence electrons. The highest BCUT2D eigenvalue weighted by Crippen LogP contribution is 2.24. The molecule has 2 rings (SSSR count). The van der Waals surface area contributed by atoms with Gasteiger partial charge in [-0.2, -0.15) is 0 Å². The molecule has 0 radical (unpaired) electrons. The van der Waals surface area contributed by atoms with Crippen molar-refractivity contribution >= 4 is 17.2 Å². The Hall–Kier alpha value is -1.61. The number of H-pyrrole nitrogens is 1. The first-order valence-corrected chi connectivity index (χ1v) is 5.38. The van der Waals surface area contributed by atoms with Crippen molar-refractivity contribution < 1.29 is 9.53 Å². The van der Waals surface area contributed by atoms with Crippen LogP contribution in [-0.4, -0.2) is 18.4 Å². The summed E-state index contributed by atoms with van der Waals surface area (Å²) < 4.78 is 5.39. The van der Waals surface area contributed by atoms with Gasteiger partial charge in [-0.3, -0.25) is 0 Å². The normalized spacial score (nSPS) is 12.8. The minimum absolute atomic E-state index is 0.00417. The lowest BCUT2D eigenvalue weighted by molar-refractivity contribution is -0.108. The molecule has 3 nitrogen and oxygen atoms in total. The molecule has 1 heterocycles. The number of methoxy groups -OCH3 is 1. The first-order chi connectivity index (χ1) is 7.85. The third kappa shape index (κ3) is 2.14. The van der Waals surface area contributed by atoms with E-state index in [0.29, 0.717) is 6.42 Å². The van der Waals surface area contributed by atoms with Crippen molar-refractivity contribution in [3.63, 3.8) is 0 Å². The molecule has 0 aliphatic carbocycles. The molecule has 1 aromatic carbocycles. The van der Waals surface area contributed by atoms with Crippen LogP contribution in [0.4, 0.5) is 0 Å². The van der Waals surface area contributed by atoms with Crippen LogP contribution in [0.2, 0.25) is 0 Å². The quantitative estimate of drug-likeness (QED) is 0.782. The SMILES string of the molecule is COC(CCC=O)c1ccc2[nH]ccc2c1. The van der Waals surface area contributed by atoms with E-state index in [4.69, 9.17) is 4.74 Å². The number of carbonyl (C=O) groups excluding carboxylic acids is 1. The molecule has 0 aliphatic heterocycles. The minimum atomic E-state index is 0.00417. The van der Waals surface area contributed by atoms with E-state index in [2.05, 4.69) is 11.1 Å². The third-order valence-electron chi connectivity index (χ3n) is 2.78. The highest BCUT2D eigenvalue weighted by molar-refractivity contribution is 5.80. The Morgan fingerprint density at radius 3 is 3.06 bits per heavy atom. The van der Waals surface area contributed by atoms with Gasteiger partial charge in [-0.1, -0.05) is 6.07 Å². The summed E-state index contributed by atoms with van der Waals surface area (Å²) in [6.07, 6.45) is 4.12. The summed E-state index contributed by atoms with van der Waals surface area (Å²) in [4.78, 5) is 13.5. The van der Waals surface area contributed by atoms with Crippen LogP contribution >= 0.6 is 0 Å². The lowest BCUT2D eigenvalue weighted by Gasteiger charge is -2.14. The molecule has 0 saturated heterocycles. The van der Waals surface area contributed by atoms with Gasteiger partial charge in [0, 0.05) is 25.2 Å². The number of aromatic nitrogens is 1. The van der Waals surface area contributed by atoms with Gasteiger partial charge in [0.25, 0.3) is 0 Å². The zero-order valence-corrected chi connectivity index (χ0v) is 9.27. The van der Waals surface area contributed by atoms with Crippen LogP contribution < -0.4 is 0 Å². The molecule has 1 unspecified atom stereocenters. The number of fused-ring (bicyclic) bond motifs is 1. The molecule has 1 aromatic heterocycles. The number of ether oxygens (including phenoxy) is 1. The Kier molecular flexibility index (Phi) is 3.37. The van der Waals surface area contributed by atoms with Crippen molar-refractivity contribution in [3.05, 3.63) is 36.0 Å². The van der Waals surface area contributed by atoms with Crippen LogP contribution in [0, 0.1) is 0 Å². The Morgan fingerprint density at radius 2 is 2.31 bits per heavy atom. The average Bonchev–Trinajstić information content (AvgIpc) is 2.77. The van der Waals surface area contributed by atoms with Gasteiger partial charge >= 0.3 is 0 Å². The number of benzene rings is 1. The lowest BCUT2D eigenvalue weighted by Crippen LogP contribution is -2.01. The summed E-state index contributed by atoms with van der Waals surface area (Å²) in [6, 6.07) is 8.21. The first-order valence-electron chi connectivity index (χ1n) is 5.38. The Labute approximate surface area is 94.4 Å². The number of hydrogen-bond acceptors (Lipinski definition) is 2. The molecule has 3 heteroatoms. The number of carbonyl (C=O) groups is 1. The number of rotatable bonds is 5. The zero-order chi connectivity index (χ0) is 11.4. The van der Waals surface area contributed by atoms with Gasteiger partial charge < -0.3 is 14.5 Å². The smallest absolute Gasteiger partial charge is 0.120 e. The molecule has 1 N–H and O–H groups in total. The molecular formula is C13H15NO2. The van der Waals surface area contributed by atoms with Crippen molar-refractivity contribution in [1.29, 1.82) is 0 Å². The summed E-state index contributed by atoms with van der Waals surface area (Å²) in [5.41, 5.74) is 2.24. The molecular weight excluding hydrogens is 202 g/mol. The molecule has 0 amide bonds.